The molecule has 2 heterocycles. The summed E-state index contributed by atoms with van der Waals surface area (Å²) in [5.74, 6) is -0.372. The van der Waals surface area contributed by atoms with Crippen LogP contribution in [0.25, 0.3) is 5.52 Å². The molecule has 2 N–H and O–H groups in total. The molecule has 1 aromatic carbocycles. The Hall–Kier alpha value is -3.15. The summed E-state index contributed by atoms with van der Waals surface area (Å²) < 4.78 is 1.66. The van der Waals surface area contributed by atoms with Crippen molar-refractivity contribution in [1.82, 2.24) is 14.7 Å². The fourth-order valence-electron chi connectivity index (χ4n) is 3.51. The molecule has 138 valence electrons. The van der Waals surface area contributed by atoms with E-state index in [-0.39, 0.29) is 29.4 Å². The number of rotatable bonds is 4. The average Bonchev–Trinajstić information content (AvgIpc) is 3.31. The second-order valence-corrected chi connectivity index (χ2v) is 7.01. The van der Waals surface area contributed by atoms with Crippen LogP contribution >= 0.6 is 0 Å². The summed E-state index contributed by atoms with van der Waals surface area (Å²) in [5.41, 5.74) is 2.72. The molecular weight excluding hydrogens is 340 g/mol. The van der Waals surface area contributed by atoms with Crippen LogP contribution in [0.2, 0.25) is 0 Å². The molecule has 0 bridgehead atoms. The number of nitrogens with one attached hydrogen (secondary N) is 2. The van der Waals surface area contributed by atoms with Gasteiger partial charge in [-0.2, -0.15) is 0 Å². The van der Waals surface area contributed by atoms with Crippen LogP contribution in [0.15, 0.2) is 48.7 Å². The van der Waals surface area contributed by atoms with Crippen molar-refractivity contribution in [3.8, 4) is 0 Å². The topological polar surface area (TPSA) is 75.5 Å². The van der Waals surface area contributed by atoms with Gasteiger partial charge in [0.2, 0.25) is 5.82 Å². The normalized spacial score (nSPS) is 14.4. The molecule has 3 aromatic rings. The van der Waals surface area contributed by atoms with E-state index in [1.807, 2.05) is 43.3 Å². The van der Waals surface area contributed by atoms with Crippen LogP contribution in [0.1, 0.15) is 52.4 Å². The molecule has 6 nitrogen and oxygen atoms in total. The summed E-state index contributed by atoms with van der Waals surface area (Å²) in [7, 11) is 0. The summed E-state index contributed by atoms with van der Waals surface area (Å²) in [4.78, 5) is 29.9. The molecule has 1 saturated carbocycles. The van der Waals surface area contributed by atoms with Gasteiger partial charge in [-0.1, -0.05) is 36.6 Å². The fraction of sp³-hybridized carbons (Fsp3) is 0.286. The minimum atomic E-state index is -0.347. The summed E-state index contributed by atoms with van der Waals surface area (Å²) in [6.07, 6.45) is 6.02. The highest BCUT2D eigenvalue weighted by Gasteiger charge is 2.24. The highest BCUT2D eigenvalue weighted by Crippen LogP contribution is 2.20. The number of aryl methyl sites for hydroxylation is 1. The third-order valence-electron chi connectivity index (χ3n) is 4.97. The monoisotopic (exact) mass is 362 g/mol. The molecule has 0 aliphatic heterocycles. The number of hydrogen-bond acceptors (Lipinski definition) is 3. The smallest absolute Gasteiger partial charge is 0.292 e. The van der Waals surface area contributed by atoms with Gasteiger partial charge < -0.3 is 10.6 Å². The lowest BCUT2D eigenvalue weighted by Crippen LogP contribution is -2.33. The van der Waals surface area contributed by atoms with Crippen LogP contribution in [-0.4, -0.2) is 27.2 Å². The van der Waals surface area contributed by atoms with E-state index in [0.29, 0.717) is 11.2 Å². The third-order valence-corrected chi connectivity index (χ3v) is 4.97. The summed E-state index contributed by atoms with van der Waals surface area (Å²) in [6.45, 7) is 1.99. The molecule has 1 aliphatic carbocycles. The zero-order valence-electron chi connectivity index (χ0n) is 15.2. The van der Waals surface area contributed by atoms with Gasteiger partial charge in [0.05, 0.1) is 5.52 Å². The fourth-order valence-corrected chi connectivity index (χ4v) is 3.51. The second kappa shape index (κ2) is 7.23. The van der Waals surface area contributed by atoms with Crippen LogP contribution in [0, 0.1) is 6.92 Å². The maximum absolute atomic E-state index is 12.8. The number of hydrogen-bond donors (Lipinski definition) is 2. The number of nitrogens with zero attached hydrogens (tertiary/aromatic N) is 2. The Labute approximate surface area is 157 Å². The molecule has 2 aromatic heterocycles. The van der Waals surface area contributed by atoms with Gasteiger partial charge in [0.25, 0.3) is 11.8 Å². The van der Waals surface area contributed by atoms with Crippen molar-refractivity contribution >= 4 is 23.0 Å². The summed E-state index contributed by atoms with van der Waals surface area (Å²) >= 11 is 0. The summed E-state index contributed by atoms with van der Waals surface area (Å²) in [6, 6.07) is 13.2. The number of aromatic nitrogens is 2. The van der Waals surface area contributed by atoms with E-state index in [9.17, 15) is 9.59 Å². The lowest BCUT2D eigenvalue weighted by molar-refractivity contribution is 0.0935. The maximum atomic E-state index is 12.8. The highest BCUT2D eigenvalue weighted by atomic mass is 16.2. The first-order chi connectivity index (χ1) is 13.1. The number of anilines is 1. The first kappa shape index (κ1) is 17.3. The maximum Gasteiger partial charge on any atom is 0.292 e. The number of pyridine rings is 1. The molecule has 1 aliphatic rings. The van der Waals surface area contributed by atoms with Crippen LogP contribution in [0.5, 0.6) is 0 Å². The van der Waals surface area contributed by atoms with Gasteiger partial charge in [-0.15, -0.1) is 0 Å². The van der Waals surface area contributed by atoms with Crippen molar-refractivity contribution in [3.63, 3.8) is 0 Å². The molecular formula is C21H22N4O2. The van der Waals surface area contributed by atoms with Crippen LogP contribution in [0.4, 0.5) is 5.69 Å². The van der Waals surface area contributed by atoms with Gasteiger partial charge in [0, 0.05) is 17.9 Å². The van der Waals surface area contributed by atoms with Crippen LogP contribution < -0.4 is 10.6 Å². The Morgan fingerprint density at radius 2 is 1.78 bits per heavy atom. The molecule has 6 heteroatoms. The molecule has 4 rings (SSSR count). The standard InChI is InChI=1S/C21H22N4O2/c1-14-9-11-16(12-10-14)23-21(27)19-24-18(17-8-4-5-13-25(17)19)20(26)22-15-6-2-3-7-15/h4-5,8-13,15H,2-3,6-7H2,1H3,(H,22,26)(H,23,27). The van der Waals surface area contributed by atoms with Crippen molar-refractivity contribution in [3.05, 3.63) is 65.7 Å². The molecule has 2 amide bonds. The number of fused-ring (bicyclic) bond motifs is 1. The Balaban J connectivity index is 1.63. The van der Waals surface area contributed by atoms with Crippen molar-refractivity contribution in [1.29, 1.82) is 0 Å². The molecule has 27 heavy (non-hydrogen) atoms. The predicted molar refractivity (Wildman–Crippen MR) is 104 cm³/mol. The molecule has 0 radical (unpaired) electrons. The zero-order valence-corrected chi connectivity index (χ0v) is 15.2. The van der Waals surface area contributed by atoms with E-state index in [4.69, 9.17) is 0 Å². The van der Waals surface area contributed by atoms with Gasteiger partial charge in [-0.05, 0) is 44.0 Å². The number of carbonyl (C=O) groups excluding carboxylic acids is 2. The first-order valence-electron chi connectivity index (χ1n) is 9.28. The average molecular weight is 362 g/mol. The Kier molecular flexibility index (Phi) is 4.62. The van der Waals surface area contributed by atoms with Crippen LogP contribution in [0.3, 0.4) is 0 Å². The van der Waals surface area contributed by atoms with E-state index < -0.39 is 0 Å². The SMILES string of the molecule is Cc1ccc(NC(=O)c2nc(C(=O)NC3CCCC3)c3ccccn23)cc1. The van der Waals surface area contributed by atoms with Crippen LogP contribution in [-0.2, 0) is 0 Å². The zero-order chi connectivity index (χ0) is 18.8. The second-order valence-electron chi connectivity index (χ2n) is 7.01. The lowest BCUT2D eigenvalue weighted by Gasteiger charge is -2.10. The lowest BCUT2D eigenvalue weighted by atomic mass is 10.2. The van der Waals surface area contributed by atoms with Gasteiger partial charge in [0.15, 0.2) is 5.69 Å². The minimum Gasteiger partial charge on any atom is -0.348 e. The van der Waals surface area contributed by atoms with Gasteiger partial charge in [-0.25, -0.2) is 4.98 Å². The largest absolute Gasteiger partial charge is 0.348 e. The molecule has 1 fully saturated rings. The Bertz CT molecular complexity index is 985. The van der Waals surface area contributed by atoms with Crippen molar-refractivity contribution in [2.45, 2.75) is 38.6 Å². The van der Waals surface area contributed by atoms with Crippen molar-refractivity contribution in [2.75, 3.05) is 5.32 Å². The van der Waals surface area contributed by atoms with E-state index in [1.54, 1.807) is 16.7 Å². The number of imidazole rings is 1. The molecule has 0 spiro atoms. The van der Waals surface area contributed by atoms with Gasteiger partial charge >= 0.3 is 0 Å². The predicted octanol–water partition coefficient (Wildman–Crippen LogP) is 3.57. The van der Waals surface area contributed by atoms with Crippen molar-refractivity contribution < 1.29 is 9.59 Å². The van der Waals surface area contributed by atoms with Crippen molar-refractivity contribution in [2.24, 2.45) is 0 Å². The van der Waals surface area contributed by atoms with E-state index in [0.717, 1.165) is 31.2 Å². The number of amides is 2. The van der Waals surface area contributed by atoms with Gasteiger partial charge in [0.1, 0.15) is 0 Å². The quantitative estimate of drug-likeness (QED) is 0.745. The molecule has 0 saturated heterocycles. The third kappa shape index (κ3) is 3.56. The summed E-state index contributed by atoms with van der Waals surface area (Å²) in [5, 5.41) is 5.90. The first-order valence-corrected chi connectivity index (χ1v) is 9.28. The number of carbonyl (C=O) groups is 2. The molecule has 0 atom stereocenters. The van der Waals surface area contributed by atoms with E-state index in [1.165, 1.54) is 0 Å². The van der Waals surface area contributed by atoms with E-state index >= 15 is 0 Å². The highest BCUT2D eigenvalue weighted by molar-refractivity contribution is 6.06. The Morgan fingerprint density at radius 3 is 2.52 bits per heavy atom. The van der Waals surface area contributed by atoms with E-state index in [2.05, 4.69) is 15.6 Å². The molecule has 0 unspecified atom stereocenters. The Morgan fingerprint density at radius 1 is 1.04 bits per heavy atom. The number of benzene rings is 1. The minimum absolute atomic E-state index is 0.197. The van der Waals surface area contributed by atoms with Gasteiger partial charge in [-0.3, -0.25) is 14.0 Å².